The quantitative estimate of drug-likeness (QED) is 0.383. The van der Waals surface area contributed by atoms with Crippen molar-refractivity contribution in [3.63, 3.8) is 0 Å². The van der Waals surface area contributed by atoms with Gasteiger partial charge in [0.25, 0.3) is 0 Å². The number of rotatable bonds is 4. The molecule has 2 heterocycles. The summed E-state index contributed by atoms with van der Waals surface area (Å²) in [7, 11) is 0. The van der Waals surface area contributed by atoms with E-state index < -0.39 is 0 Å². The van der Waals surface area contributed by atoms with Crippen molar-refractivity contribution in [2.75, 3.05) is 10.6 Å². The lowest BCUT2D eigenvalue weighted by molar-refractivity contribution is 0.314. The van der Waals surface area contributed by atoms with Crippen molar-refractivity contribution < 1.29 is 4.63 Å². The number of nitrogens with one attached hydrogen (secondary N) is 2. The van der Waals surface area contributed by atoms with Crippen LogP contribution in [0.3, 0.4) is 0 Å². The highest BCUT2D eigenvalue weighted by molar-refractivity contribution is 5.98. The van der Waals surface area contributed by atoms with Gasteiger partial charge in [0, 0.05) is 22.1 Å². The minimum Gasteiger partial charge on any atom is -0.337 e. The number of hydrogen-bond donors (Lipinski definition) is 2. The molecule has 0 saturated carbocycles. The minimum absolute atomic E-state index is 0.339. The average molecular weight is 404 g/mol. The highest BCUT2D eigenvalue weighted by atomic mass is 16.6. The molecule has 2 aromatic heterocycles. The first-order chi connectivity index (χ1) is 15.3. The first-order valence-corrected chi connectivity index (χ1v) is 9.85. The summed E-state index contributed by atoms with van der Waals surface area (Å²) in [4.78, 5) is 9.22. The third-order valence-corrected chi connectivity index (χ3v) is 5.20. The molecule has 148 valence electrons. The summed E-state index contributed by atoms with van der Waals surface area (Å²) in [6.45, 7) is 0. The summed E-state index contributed by atoms with van der Waals surface area (Å²) in [5.74, 6) is 1.07. The van der Waals surface area contributed by atoms with Crippen LogP contribution in [-0.2, 0) is 0 Å². The smallest absolute Gasteiger partial charge is 0.245 e. The van der Waals surface area contributed by atoms with Crippen molar-refractivity contribution in [3.8, 4) is 0 Å². The molecule has 0 atom stereocenters. The number of anilines is 4. The summed E-state index contributed by atoms with van der Waals surface area (Å²) in [6, 6.07) is 28.5. The molecule has 6 rings (SSSR count). The summed E-state index contributed by atoms with van der Waals surface area (Å²) in [5, 5.41) is 19.0. The molecule has 7 nitrogen and oxygen atoms in total. The molecule has 7 heteroatoms. The molecule has 0 saturated heterocycles. The second kappa shape index (κ2) is 7.07. The molecule has 0 aliphatic carbocycles. The summed E-state index contributed by atoms with van der Waals surface area (Å²) < 4.78 is 4.84. The van der Waals surface area contributed by atoms with E-state index >= 15 is 0 Å². The van der Waals surface area contributed by atoms with E-state index in [-0.39, 0.29) is 0 Å². The molecule has 0 fully saturated rings. The molecular weight excluding hydrogens is 388 g/mol. The molecule has 0 unspecified atom stereocenters. The Morgan fingerprint density at radius 1 is 0.516 bits per heavy atom. The SMILES string of the molecule is c1ccc2c(Nc3nc4nonc4nc3Nc3cccc4ccccc34)cccc2c1. The standard InChI is InChI=1S/C24H16N6O/c1-3-11-17-15(7-1)9-5-13-19(17)25-21-22(28-24-23(27-21)29-31-30-24)26-20-14-6-10-16-8-2-4-12-18(16)20/h1-14H,(H,25,27,29)(H,26,28,30). The maximum atomic E-state index is 4.84. The van der Waals surface area contributed by atoms with Gasteiger partial charge in [-0.15, -0.1) is 0 Å². The van der Waals surface area contributed by atoms with E-state index in [1.165, 1.54) is 0 Å². The van der Waals surface area contributed by atoms with Crippen molar-refractivity contribution in [1.82, 2.24) is 20.3 Å². The summed E-state index contributed by atoms with van der Waals surface area (Å²) in [5.41, 5.74) is 2.52. The highest BCUT2D eigenvalue weighted by Crippen LogP contribution is 2.32. The Hall–Kier alpha value is -4.52. The van der Waals surface area contributed by atoms with Crippen LogP contribution in [0.2, 0.25) is 0 Å². The van der Waals surface area contributed by atoms with Crippen molar-refractivity contribution in [3.05, 3.63) is 84.9 Å². The van der Waals surface area contributed by atoms with E-state index in [4.69, 9.17) is 4.63 Å². The van der Waals surface area contributed by atoms with Crippen LogP contribution in [-0.4, -0.2) is 20.3 Å². The van der Waals surface area contributed by atoms with Crippen LogP contribution in [0, 0.1) is 0 Å². The highest BCUT2D eigenvalue weighted by Gasteiger charge is 2.15. The molecule has 0 radical (unpaired) electrons. The lowest BCUT2D eigenvalue weighted by atomic mass is 10.1. The van der Waals surface area contributed by atoms with Gasteiger partial charge in [0.15, 0.2) is 11.6 Å². The Morgan fingerprint density at radius 3 is 1.48 bits per heavy atom. The molecule has 0 amide bonds. The average Bonchev–Trinajstić information content (AvgIpc) is 3.27. The maximum absolute atomic E-state index is 4.84. The fourth-order valence-electron chi connectivity index (χ4n) is 3.74. The lowest BCUT2D eigenvalue weighted by Gasteiger charge is -2.14. The van der Waals surface area contributed by atoms with Crippen LogP contribution in [0.5, 0.6) is 0 Å². The van der Waals surface area contributed by atoms with Crippen molar-refractivity contribution in [1.29, 1.82) is 0 Å². The Labute approximate surface area is 176 Å². The number of fused-ring (bicyclic) bond motifs is 3. The third kappa shape index (κ3) is 3.08. The number of aromatic nitrogens is 4. The Kier molecular flexibility index (Phi) is 3.96. The lowest BCUT2D eigenvalue weighted by Crippen LogP contribution is -2.04. The molecule has 2 N–H and O–H groups in total. The second-order valence-electron chi connectivity index (χ2n) is 7.14. The molecule has 4 aromatic carbocycles. The monoisotopic (exact) mass is 404 g/mol. The van der Waals surface area contributed by atoms with Crippen molar-refractivity contribution in [2.24, 2.45) is 0 Å². The molecule has 0 spiro atoms. The number of benzene rings is 4. The van der Waals surface area contributed by atoms with Gasteiger partial charge in [-0.3, -0.25) is 0 Å². The molecule has 6 aromatic rings. The third-order valence-electron chi connectivity index (χ3n) is 5.20. The van der Waals surface area contributed by atoms with Gasteiger partial charge in [0.2, 0.25) is 11.3 Å². The predicted molar refractivity (Wildman–Crippen MR) is 122 cm³/mol. The van der Waals surface area contributed by atoms with Crippen molar-refractivity contribution >= 4 is 55.8 Å². The van der Waals surface area contributed by atoms with Gasteiger partial charge in [-0.25, -0.2) is 14.6 Å². The van der Waals surface area contributed by atoms with Crippen LogP contribution in [0.15, 0.2) is 89.6 Å². The second-order valence-corrected chi connectivity index (χ2v) is 7.14. The van der Waals surface area contributed by atoms with Crippen LogP contribution in [0.1, 0.15) is 0 Å². The van der Waals surface area contributed by atoms with E-state index in [2.05, 4.69) is 67.3 Å². The molecular formula is C24H16N6O. The Balaban J connectivity index is 1.49. The first-order valence-electron chi connectivity index (χ1n) is 9.85. The molecule has 0 aliphatic rings. The normalized spacial score (nSPS) is 11.2. The van der Waals surface area contributed by atoms with E-state index in [0.29, 0.717) is 22.9 Å². The van der Waals surface area contributed by atoms with Crippen molar-refractivity contribution in [2.45, 2.75) is 0 Å². The largest absolute Gasteiger partial charge is 0.337 e. The van der Waals surface area contributed by atoms with Gasteiger partial charge in [-0.2, -0.15) is 0 Å². The molecule has 0 aliphatic heterocycles. The van der Waals surface area contributed by atoms with Crippen LogP contribution in [0.4, 0.5) is 23.0 Å². The van der Waals surface area contributed by atoms with E-state index in [1.807, 2.05) is 48.5 Å². The van der Waals surface area contributed by atoms with Crippen LogP contribution >= 0.6 is 0 Å². The summed E-state index contributed by atoms with van der Waals surface area (Å²) >= 11 is 0. The number of hydrogen-bond acceptors (Lipinski definition) is 7. The fraction of sp³-hybridized carbons (Fsp3) is 0. The zero-order valence-corrected chi connectivity index (χ0v) is 16.3. The van der Waals surface area contributed by atoms with Gasteiger partial charge in [-0.05, 0) is 33.2 Å². The minimum atomic E-state index is 0.339. The van der Waals surface area contributed by atoms with Gasteiger partial charge in [0.1, 0.15) is 0 Å². The zero-order valence-electron chi connectivity index (χ0n) is 16.3. The Morgan fingerprint density at radius 2 is 0.968 bits per heavy atom. The van der Waals surface area contributed by atoms with E-state index in [1.54, 1.807) is 0 Å². The summed E-state index contributed by atoms with van der Waals surface area (Å²) in [6.07, 6.45) is 0. The van der Waals surface area contributed by atoms with Gasteiger partial charge >= 0.3 is 0 Å². The van der Waals surface area contributed by atoms with E-state index in [0.717, 1.165) is 32.9 Å². The molecule has 0 bridgehead atoms. The van der Waals surface area contributed by atoms with Crippen LogP contribution < -0.4 is 10.6 Å². The first kappa shape index (κ1) is 17.3. The van der Waals surface area contributed by atoms with Crippen LogP contribution in [0.25, 0.3) is 32.8 Å². The van der Waals surface area contributed by atoms with Gasteiger partial charge in [-0.1, -0.05) is 72.8 Å². The van der Waals surface area contributed by atoms with Gasteiger partial charge < -0.3 is 10.6 Å². The Bertz CT molecular complexity index is 1430. The maximum Gasteiger partial charge on any atom is 0.245 e. The fourth-order valence-corrected chi connectivity index (χ4v) is 3.74. The van der Waals surface area contributed by atoms with Gasteiger partial charge in [0.05, 0.1) is 0 Å². The number of nitrogens with zero attached hydrogens (tertiary/aromatic N) is 4. The predicted octanol–water partition coefficient (Wildman–Crippen LogP) is 5.81. The zero-order chi connectivity index (χ0) is 20.6. The molecule has 31 heavy (non-hydrogen) atoms. The van der Waals surface area contributed by atoms with E-state index in [9.17, 15) is 0 Å². The topological polar surface area (TPSA) is 88.8 Å².